The molecule has 4 heterocycles. The fourth-order valence-corrected chi connectivity index (χ4v) is 8.10. The first-order valence-corrected chi connectivity index (χ1v) is 20.5. The number of carbonyl (C=O) groups excluding carboxylic acids is 2. The number of hydrogen-bond acceptors (Lipinski definition) is 9. The second-order valence-corrected chi connectivity index (χ2v) is 16.0. The summed E-state index contributed by atoms with van der Waals surface area (Å²) in [6, 6.07) is 19.9. The van der Waals surface area contributed by atoms with Gasteiger partial charge in [-0.3, -0.25) is 28.3 Å². The molecule has 0 radical (unpaired) electrons. The number of likely N-dealkylation sites (tertiary alicyclic amines) is 2. The Morgan fingerprint density at radius 1 is 0.759 bits per heavy atom. The molecule has 0 atom stereocenters. The van der Waals surface area contributed by atoms with Crippen LogP contribution in [0.15, 0.2) is 89.0 Å². The van der Waals surface area contributed by atoms with Gasteiger partial charge in [-0.25, -0.2) is 9.97 Å². The average molecular weight is 813 g/mol. The molecule has 2 amide bonds. The van der Waals surface area contributed by atoms with Crippen molar-refractivity contribution in [3.8, 4) is 5.75 Å². The minimum Gasteiger partial charge on any atom is -0.496 e. The van der Waals surface area contributed by atoms with Gasteiger partial charge in [0.05, 0.1) is 65.9 Å². The molecule has 2 aromatic heterocycles. The van der Waals surface area contributed by atoms with Gasteiger partial charge >= 0.3 is 0 Å². The second-order valence-electron chi connectivity index (χ2n) is 15.5. The van der Waals surface area contributed by atoms with Gasteiger partial charge in [-0.2, -0.15) is 0 Å². The van der Waals surface area contributed by atoms with Gasteiger partial charge in [-0.05, 0) is 86.9 Å². The van der Waals surface area contributed by atoms with Gasteiger partial charge in [-0.15, -0.1) is 0 Å². The number of aryl methyl sites for hydroxylation is 1. The minimum absolute atomic E-state index is 0.0512. The Bertz CT molecular complexity index is 2340. The maximum absolute atomic E-state index is 12.7. The number of carbonyl (C=O) groups is 2. The first kappa shape index (κ1) is 42.5. The second kappa shape index (κ2) is 18.6. The van der Waals surface area contributed by atoms with E-state index in [1.54, 1.807) is 48.4 Å². The molecule has 5 aromatic rings. The van der Waals surface area contributed by atoms with E-state index in [4.69, 9.17) is 16.3 Å². The maximum Gasteiger partial charge on any atom is 0.261 e. The molecule has 0 unspecified atom stereocenters. The first-order chi connectivity index (χ1) is 27.9. The molecule has 2 fully saturated rings. The highest BCUT2D eigenvalue weighted by atomic mass is 35.5. The monoisotopic (exact) mass is 812 g/mol. The summed E-state index contributed by atoms with van der Waals surface area (Å²) in [7, 11) is 1.63. The lowest BCUT2D eigenvalue weighted by molar-refractivity contribution is -0.140. The Hall–Kier alpha value is -5.11. The minimum atomic E-state index is -1.03. The number of benzene rings is 3. The summed E-state index contributed by atoms with van der Waals surface area (Å²) in [6.45, 7) is 6.36. The van der Waals surface area contributed by atoms with Crippen LogP contribution in [0.3, 0.4) is 0 Å². The van der Waals surface area contributed by atoms with Crippen LogP contribution >= 0.6 is 11.6 Å². The number of aliphatic hydroxyl groups is 2. The summed E-state index contributed by atoms with van der Waals surface area (Å²) in [4.78, 5) is 62.9. The van der Waals surface area contributed by atoms with E-state index in [0.717, 1.165) is 24.2 Å². The normalized spacial score (nSPS) is 16.3. The molecule has 3 aromatic carbocycles. The van der Waals surface area contributed by atoms with Crippen molar-refractivity contribution in [3.63, 3.8) is 0 Å². The SMILES string of the molecule is CCC(CC)C(=O)N1CCC(O)(Cn2cnc3cc(Cl)ccc3c2=O)CC1.COc1ccccc1CCC(=O)N1CCC(O)(Cn2cnc3ccccc3c2=O)CC1. The molecule has 58 heavy (non-hydrogen) atoms. The Morgan fingerprint density at radius 2 is 1.29 bits per heavy atom. The Morgan fingerprint density at radius 3 is 1.90 bits per heavy atom. The van der Waals surface area contributed by atoms with Crippen molar-refractivity contribution in [2.24, 2.45) is 5.92 Å². The van der Waals surface area contributed by atoms with Crippen molar-refractivity contribution in [1.82, 2.24) is 28.9 Å². The fourth-order valence-electron chi connectivity index (χ4n) is 7.93. The number of nitrogens with zero attached hydrogens (tertiary/aromatic N) is 6. The van der Waals surface area contributed by atoms with Crippen molar-refractivity contribution in [1.29, 1.82) is 0 Å². The molecule has 2 saturated heterocycles. The van der Waals surface area contributed by atoms with Crippen LogP contribution < -0.4 is 15.9 Å². The smallest absolute Gasteiger partial charge is 0.261 e. The number of ether oxygens (including phenoxy) is 1. The topological polar surface area (TPSA) is 160 Å². The summed E-state index contributed by atoms with van der Waals surface area (Å²) >= 11 is 5.95. The molecule has 0 spiro atoms. The number of amides is 2. The molecular weight excluding hydrogens is 760 g/mol. The quantitative estimate of drug-likeness (QED) is 0.182. The summed E-state index contributed by atoms with van der Waals surface area (Å²) in [5, 5.41) is 23.6. The van der Waals surface area contributed by atoms with E-state index in [-0.39, 0.29) is 41.9 Å². The summed E-state index contributed by atoms with van der Waals surface area (Å²) in [5.74, 6) is 1.08. The van der Waals surface area contributed by atoms with Crippen LogP contribution in [-0.2, 0) is 29.1 Å². The molecule has 0 saturated carbocycles. The molecule has 0 aliphatic carbocycles. The highest BCUT2D eigenvalue weighted by molar-refractivity contribution is 6.31. The number of rotatable bonds is 11. The van der Waals surface area contributed by atoms with E-state index >= 15 is 0 Å². The van der Waals surface area contributed by atoms with Crippen molar-refractivity contribution in [2.75, 3.05) is 33.3 Å². The van der Waals surface area contributed by atoms with Crippen LogP contribution in [-0.4, -0.2) is 95.4 Å². The molecule has 0 bridgehead atoms. The van der Waals surface area contributed by atoms with Gasteiger partial charge in [-0.1, -0.05) is 55.8 Å². The van der Waals surface area contributed by atoms with E-state index in [1.807, 2.05) is 49.1 Å². The predicted octanol–water partition coefficient (Wildman–Crippen LogP) is 5.23. The molecule has 2 aliphatic rings. The van der Waals surface area contributed by atoms with E-state index in [0.29, 0.717) is 91.5 Å². The molecular formula is C44H53ClN6O7. The van der Waals surface area contributed by atoms with E-state index in [9.17, 15) is 29.4 Å². The lowest BCUT2D eigenvalue weighted by atomic mass is 9.90. The van der Waals surface area contributed by atoms with Crippen LogP contribution in [0.5, 0.6) is 5.75 Å². The largest absolute Gasteiger partial charge is 0.496 e. The molecule has 14 heteroatoms. The standard InChI is InChI=1S/C24H27N3O4.C20H26ClN3O3/c1-31-21-9-5-2-6-18(21)10-11-22(28)26-14-12-24(30,13-15-26)16-27-17-25-20-8-4-3-7-19(20)23(27)29;1-3-14(4-2)18(25)23-9-7-20(27,8-10-23)12-24-13-22-17-11-15(21)5-6-16(17)19(24)26/h2-9,17,30H,10-16H2,1H3;5-6,11,13-14,27H,3-4,7-10,12H2,1-2H3. The lowest BCUT2D eigenvalue weighted by Gasteiger charge is -2.39. The summed E-state index contributed by atoms with van der Waals surface area (Å²) in [5.41, 5.74) is -0.207. The van der Waals surface area contributed by atoms with Crippen molar-refractivity contribution >= 4 is 45.2 Å². The zero-order valence-electron chi connectivity index (χ0n) is 33.5. The number of aromatic nitrogens is 4. The van der Waals surface area contributed by atoms with E-state index in [2.05, 4.69) is 9.97 Å². The van der Waals surface area contributed by atoms with Crippen molar-refractivity contribution in [2.45, 2.75) is 89.5 Å². The number of hydrogen-bond donors (Lipinski definition) is 2. The molecule has 7 rings (SSSR count). The van der Waals surface area contributed by atoms with Gasteiger partial charge < -0.3 is 24.7 Å². The van der Waals surface area contributed by atoms with Crippen LogP contribution in [0.25, 0.3) is 21.8 Å². The number of fused-ring (bicyclic) bond motifs is 2. The molecule has 308 valence electrons. The van der Waals surface area contributed by atoms with Gasteiger partial charge in [0.1, 0.15) is 5.75 Å². The van der Waals surface area contributed by atoms with Crippen LogP contribution in [0.4, 0.5) is 0 Å². The Balaban J connectivity index is 0.000000198. The summed E-state index contributed by atoms with van der Waals surface area (Å²) in [6.07, 6.45) is 7.37. The number of halogens is 1. The third kappa shape index (κ3) is 9.94. The lowest BCUT2D eigenvalue weighted by Crippen LogP contribution is -2.50. The predicted molar refractivity (Wildman–Crippen MR) is 224 cm³/mol. The highest BCUT2D eigenvalue weighted by Crippen LogP contribution is 2.27. The fraction of sp³-hybridized carbons (Fsp3) is 0.455. The average Bonchev–Trinajstić information content (AvgIpc) is 3.23. The van der Waals surface area contributed by atoms with E-state index < -0.39 is 11.2 Å². The Kier molecular flexibility index (Phi) is 13.7. The summed E-state index contributed by atoms with van der Waals surface area (Å²) < 4.78 is 8.28. The van der Waals surface area contributed by atoms with Crippen molar-refractivity contribution in [3.05, 3.63) is 111 Å². The third-order valence-electron chi connectivity index (χ3n) is 11.6. The highest BCUT2D eigenvalue weighted by Gasteiger charge is 2.36. The number of para-hydroxylation sites is 2. The molecule has 2 aliphatic heterocycles. The van der Waals surface area contributed by atoms with Gasteiger partial charge in [0.2, 0.25) is 11.8 Å². The zero-order valence-corrected chi connectivity index (χ0v) is 34.2. The van der Waals surface area contributed by atoms with Gasteiger partial charge in [0, 0.05) is 43.5 Å². The maximum atomic E-state index is 12.7. The molecule has 13 nitrogen and oxygen atoms in total. The zero-order chi connectivity index (χ0) is 41.5. The van der Waals surface area contributed by atoms with Crippen LogP contribution in [0.1, 0.15) is 64.4 Å². The number of piperidine rings is 2. The van der Waals surface area contributed by atoms with Crippen LogP contribution in [0.2, 0.25) is 5.02 Å². The van der Waals surface area contributed by atoms with Crippen molar-refractivity contribution < 1.29 is 24.5 Å². The van der Waals surface area contributed by atoms with E-state index in [1.165, 1.54) is 21.8 Å². The Labute approximate surface area is 342 Å². The van der Waals surface area contributed by atoms with Gasteiger partial charge in [0.15, 0.2) is 0 Å². The van der Waals surface area contributed by atoms with Crippen LogP contribution in [0, 0.1) is 5.92 Å². The number of methoxy groups -OCH3 is 1. The third-order valence-corrected chi connectivity index (χ3v) is 11.9. The first-order valence-electron chi connectivity index (χ1n) is 20.1. The van der Waals surface area contributed by atoms with Gasteiger partial charge in [0.25, 0.3) is 11.1 Å². The molecule has 2 N–H and O–H groups in total.